The second-order valence-electron chi connectivity index (χ2n) is 6.98. The molecule has 2 aliphatic rings. The maximum Gasteiger partial charge on any atom is 0.115 e. The summed E-state index contributed by atoms with van der Waals surface area (Å²) >= 11 is 0. The van der Waals surface area contributed by atoms with Crippen LogP contribution < -0.4 is 0 Å². The van der Waals surface area contributed by atoms with Crippen molar-refractivity contribution in [2.45, 2.75) is 38.0 Å². The first-order valence-corrected chi connectivity index (χ1v) is 8.88. The summed E-state index contributed by atoms with van der Waals surface area (Å²) in [7, 11) is 0. The molecule has 0 spiro atoms. The molecule has 1 atom stereocenters. The van der Waals surface area contributed by atoms with E-state index in [0.717, 1.165) is 11.3 Å². The molecule has 2 aromatic carbocycles. The predicted octanol–water partition coefficient (Wildman–Crippen LogP) is 5.99. The Labute approximate surface area is 148 Å². The Morgan fingerprint density at radius 3 is 2.44 bits per heavy atom. The molecule has 0 aromatic heterocycles. The van der Waals surface area contributed by atoms with Gasteiger partial charge in [0.25, 0.3) is 0 Å². The van der Waals surface area contributed by atoms with Crippen molar-refractivity contribution in [1.29, 1.82) is 0 Å². The number of phenolic OH excluding ortho intramolecular Hbond substituents is 1. The lowest BCUT2D eigenvalue weighted by molar-refractivity contribution is 0.430. The van der Waals surface area contributed by atoms with E-state index in [1.54, 1.807) is 12.1 Å². The average molecular weight is 337 g/mol. The van der Waals surface area contributed by atoms with Gasteiger partial charge in [0.2, 0.25) is 0 Å². The number of rotatable bonds is 3. The number of halogens is 1. The fourth-order valence-electron chi connectivity index (χ4n) is 3.99. The normalized spacial score (nSPS) is 19.3. The van der Waals surface area contributed by atoms with Crippen LogP contribution in [-0.2, 0) is 0 Å². The van der Waals surface area contributed by atoms with Crippen LogP contribution in [0.1, 0.15) is 54.7 Å². The molecule has 0 radical (unpaired) electrons. The molecule has 1 saturated carbocycles. The van der Waals surface area contributed by atoms with E-state index >= 15 is 0 Å². The van der Waals surface area contributed by atoms with Crippen LogP contribution in [0.15, 0.2) is 54.0 Å². The van der Waals surface area contributed by atoms with Crippen molar-refractivity contribution >= 4 is 17.5 Å². The zero-order chi connectivity index (χ0) is 16.5. The van der Waals surface area contributed by atoms with Crippen LogP contribution in [-0.4, -0.2) is 11.3 Å². The van der Waals surface area contributed by atoms with Crippen molar-refractivity contribution in [2.75, 3.05) is 0 Å². The fourth-order valence-corrected chi connectivity index (χ4v) is 3.99. The van der Waals surface area contributed by atoms with Crippen LogP contribution in [0, 0.1) is 5.92 Å². The van der Waals surface area contributed by atoms with Crippen molar-refractivity contribution < 1.29 is 9.81 Å². The van der Waals surface area contributed by atoms with Gasteiger partial charge in [0.05, 0.1) is 5.69 Å². The summed E-state index contributed by atoms with van der Waals surface area (Å²) in [6, 6.07) is 14.0. The van der Waals surface area contributed by atoms with Crippen molar-refractivity contribution in [3.05, 3.63) is 65.7 Å². The highest BCUT2D eigenvalue weighted by atomic mass is 19.0. The summed E-state index contributed by atoms with van der Waals surface area (Å²) in [5.41, 5.74) is 5.97. The van der Waals surface area contributed by atoms with Gasteiger partial charge >= 0.3 is 0 Å². The number of hydrogen-bond acceptors (Lipinski definition) is 2. The van der Waals surface area contributed by atoms with E-state index in [1.165, 1.54) is 48.8 Å². The van der Waals surface area contributed by atoms with Crippen LogP contribution in [0.25, 0.3) is 5.57 Å². The Hall–Kier alpha value is -2.42. The summed E-state index contributed by atoms with van der Waals surface area (Å²) in [6.07, 6.45) is 8.58. The number of nitrogens with zero attached hydrogens (tertiary/aromatic N) is 1. The summed E-state index contributed by atoms with van der Waals surface area (Å²) in [4.78, 5) is 4.64. The number of fused-ring (bicyclic) bond motifs is 1. The minimum absolute atomic E-state index is 0. The molecule has 0 saturated heterocycles. The highest BCUT2D eigenvalue weighted by Crippen LogP contribution is 2.40. The Balaban J connectivity index is 0.00000182. The third kappa shape index (κ3) is 3.37. The Bertz CT molecular complexity index is 788. The quantitative estimate of drug-likeness (QED) is 0.733. The largest absolute Gasteiger partial charge is 0.508 e. The molecule has 1 unspecified atom stereocenters. The molecular weight excluding hydrogens is 313 g/mol. The molecule has 25 heavy (non-hydrogen) atoms. The Morgan fingerprint density at radius 1 is 1.00 bits per heavy atom. The lowest BCUT2D eigenvalue weighted by atomic mass is 9.81. The van der Waals surface area contributed by atoms with Crippen molar-refractivity contribution in [3.63, 3.8) is 0 Å². The number of aromatic hydroxyl groups is 1. The monoisotopic (exact) mass is 337 g/mol. The van der Waals surface area contributed by atoms with Gasteiger partial charge in [-0.2, -0.15) is 0 Å². The van der Waals surface area contributed by atoms with Gasteiger partial charge in [-0.1, -0.05) is 50.1 Å². The van der Waals surface area contributed by atoms with Crippen molar-refractivity contribution in [2.24, 2.45) is 10.9 Å². The van der Waals surface area contributed by atoms with E-state index in [2.05, 4.69) is 29.8 Å². The third-order valence-electron chi connectivity index (χ3n) is 5.45. The van der Waals surface area contributed by atoms with Gasteiger partial charge in [-0.25, -0.2) is 0 Å². The molecule has 1 aliphatic heterocycles. The van der Waals surface area contributed by atoms with Crippen LogP contribution >= 0.6 is 0 Å². The van der Waals surface area contributed by atoms with Gasteiger partial charge in [-0.05, 0) is 59.2 Å². The first-order chi connectivity index (χ1) is 11.7. The molecule has 3 heteroatoms. The maximum absolute atomic E-state index is 9.47. The molecule has 1 heterocycles. The summed E-state index contributed by atoms with van der Waals surface area (Å²) in [6.45, 7) is 4.38. The zero-order valence-corrected chi connectivity index (χ0v) is 14.3. The third-order valence-corrected chi connectivity index (χ3v) is 5.45. The van der Waals surface area contributed by atoms with Crippen LogP contribution in [0.4, 0.5) is 10.4 Å². The second-order valence-corrected chi connectivity index (χ2v) is 6.98. The first kappa shape index (κ1) is 17.4. The van der Waals surface area contributed by atoms with E-state index in [-0.39, 0.29) is 10.6 Å². The number of aliphatic imine (C=N–C) groups is 1. The van der Waals surface area contributed by atoms with E-state index in [4.69, 9.17) is 0 Å². The highest BCUT2D eigenvalue weighted by Gasteiger charge is 2.23. The van der Waals surface area contributed by atoms with E-state index in [1.807, 2.05) is 18.3 Å². The van der Waals surface area contributed by atoms with Gasteiger partial charge in [0.1, 0.15) is 5.75 Å². The number of hydrogen-bond donors (Lipinski definition) is 1. The second kappa shape index (κ2) is 7.22. The van der Waals surface area contributed by atoms with Crippen LogP contribution in [0.5, 0.6) is 5.75 Å². The Morgan fingerprint density at radius 2 is 1.72 bits per heavy atom. The highest BCUT2D eigenvalue weighted by molar-refractivity contribution is 5.85. The molecule has 130 valence electrons. The van der Waals surface area contributed by atoms with Crippen LogP contribution in [0.2, 0.25) is 0 Å². The summed E-state index contributed by atoms with van der Waals surface area (Å²) in [5.74, 6) is 1.11. The number of phenols is 1. The Kier molecular flexibility index (Phi) is 5.03. The van der Waals surface area contributed by atoms with Gasteiger partial charge in [-0.3, -0.25) is 9.70 Å². The molecule has 2 aromatic rings. The van der Waals surface area contributed by atoms with E-state index < -0.39 is 0 Å². The molecule has 0 amide bonds. The van der Waals surface area contributed by atoms with E-state index in [0.29, 0.717) is 11.7 Å². The topological polar surface area (TPSA) is 32.6 Å². The van der Waals surface area contributed by atoms with E-state index in [9.17, 15) is 5.11 Å². The molecule has 2 nitrogen and oxygen atoms in total. The van der Waals surface area contributed by atoms with Gasteiger partial charge < -0.3 is 5.11 Å². The van der Waals surface area contributed by atoms with Gasteiger partial charge in [0, 0.05) is 12.1 Å². The fraction of sp³-hybridized carbons (Fsp3) is 0.318. The first-order valence-electron chi connectivity index (χ1n) is 8.88. The number of benzene rings is 2. The van der Waals surface area contributed by atoms with Gasteiger partial charge in [-0.15, -0.1) is 0 Å². The minimum Gasteiger partial charge on any atom is -0.508 e. The molecular formula is C22H24FNO. The lowest BCUT2D eigenvalue weighted by Gasteiger charge is -2.24. The molecule has 4 rings (SSSR count). The summed E-state index contributed by atoms with van der Waals surface area (Å²) < 4.78 is 0. The molecule has 1 N–H and O–H groups in total. The lowest BCUT2D eigenvalue weighted by Crippen LogP contribution is -2.08. The number of allylic oxidation sites excluding steroid dienone is 1. The smallest absolute Gasteiger partial charge is 0.115 e. The molecule has 1 aliphatic carbocycles. The van der Waals surface area contributed by atoms with Crippen LogP contribution in [0.3, 0.4) is 0 Å². The molecule has 1 fully saturated rings. The zero-order valence-electron chi connectivity index (χ0n) is 14.3. The maximum atomic E-state index is 9.47. The standard InChI is InChI=1S/C22H23NO.FH/c1-15(16-5-3-2-4-6-16)18-9-12-20-21(14-23-22(20)13-18)17-7-10-19(24)11-8-17;/h7-14,16,21,24H,1-6H2;1H. The minimum atomic E-state index is 0. The SMILES string of the molecule is C=C(c1ccc2c(c1)N=CC2c1ccc(O)cc1)C1CCCCC1.F. The van der Waals surface area contributed by atoms with Crippen molar-refractivity contribution in [1.82, 2.24) is 0 Å². The molecule has 0 bridgehead atoms. The summed E-state index contributed by atoms with van der Waals surface area (Å²) in [5, 5.41) is 9.47. The van der Waals surface area contributed by atoms with Crippen molar-refractivity contribution in [3.8, 4) is 5.75 Å². The predicted molar refractivity (Wildman–Crippen MR) is 103 cm³/mol. The average Bonchev–Trinajstić information content (AvgIpc) is 3.05. The van der Waals surface area contributed by atoms with Gasteiger partial charge in [0.15, 0.2) is 0 Å².